The van der Waals surface area contributed by atoms with Crippen LogP contribution in [0.2, 0.25) is 0 Å². The number of pyridine rings is 1. The number of hydrogen-bond donors (Lipinski definition) is 0. The van der Waals surface area contributed by atoms with Gasteiger partial charge in [0.1, 0.15) is 5.75 Å². The van der Waals surface area contributed by atoms with Gasteiger partial charge in [-0.3, -0.25) is 4.79 Å². The summed E-state index contributed by atoms with van der Waals surface area (Å²) in [6.07, 6.45) is 3.93. The third-order valence-electron chi connectivity index (χ3n) is 3.48. The Morgan fingerprint density at radius 1 is 1.00 bits per heavy atom. The topological polar surface area (TPSA) is 30.2 Å². The van der Waals surface area contributed by atoms with E-state index < -0.39 is 0 Å². The molecule has 0 spiro atoms. The zero-order chi connectivity index (χ0) is 14.7. The van der Waals surface area contributed by atoms with Crippen LogP contribution in [0.4, 0.5) is 0 Å². The van der Waals surface area contributed by atoms with Gasteiger partial charge in [-0.25, -0.2) is 0 Å². The van der Waals surface area contributed by atoms with Crippen molar-refractivity contribution in [1.82, 2.24) is 0 Å². The van der Waals surface area contributed by atoms with Crippen molar-refractivity contribution >= 4 is 16.6 Å². The average Bonchev–Trinajstić information content (AvgIpc) is 2.55. The summed E-state index contributed by atoms with van der Waals surface area (Å²) in [5, 5.41) is 2.30. The molecular weight excluding hydrogens is 262 g/mol. The second-order valence-electron chi connectivity index (χ2n) is 4.90. The molecule has 0 aliphatic rings. The molecule has 0 radical (unpaired) electrons. The van der Waals surface area contributed by atoms with Crippen molar-refractivity contribution in [2.75, 3.05) is 7.11 Å². The van der Waals surface area contributed by atoms with E-state index in [0.717, 1.165) is 11.1 Å². The first-order valence-corrected chi connectivity index (χ1v) is 6.81. The van der Waals surface area contributed by atoms with E-state index >= 15 is 0 Å². The first kappa shape index (κ1) is 13.3. The molecule has 0 fully saturated rings. The minimum Gasteiger partial charge on any atom is -0.497 e. The van der Waals surface area contributed by atoms with Gasteiger partial charge in [0.25, 0.3) is 0 Å². The highest BCUT2D eigenvalue weighted by Gasteiger charge is 2.12. The molecular formula is C18H16NO2+. The van der Waals surface area contributed by atoms with E-state index in [2.05, 4.69) is 6.07 Å². The Balaban J connectivity index is 1.81. The zero-order valence-electron chi connectivity index (χ0n) is 11.8. The molecule has 3 nitrogen and oxygen atoms in total. The molecule has 0 aliphatic carbocycles. The lowest BCUT2D eigenvalue weighted by molar-refractivity contribution is -0.681. The maximum Gasteiger partial charge on any atom is 0.227 e. The van der Waals surface area contributed by atoms with Crippen LogP contribution < -0.4 is 9.30 Å². The second-order valence-corrected chi connectivity index (χ2v) is 4.90. The quantitative estimate of drug-likeness (QED) is 0.542. The molecule has 0 atom stereocenters. The minimum absolute atomic E-state index is 0.0814. The van der Waals surface area contributed by atoms with Crippen molar-refractivity contribution in [3.8, 4) is 5.75 Å². The molecule has 0 bridgehead atoms. The van der Waals surface area contributed by atoms with Crippen molar-refractivity contribution < 1.29 is 14.1 Å². The van der Waals surface area contributed by atoms with E-state index in [-0.39, 0.29) is 5.78 Å². The molecule has 3 rings (SSSR count). The number of carbonyl (C=O) groups is 1. The van der Waals surface area contributed by atoms with Crippen molar-refractivity contribution in [2.45, 2.75) is 6.54 Å². The molecule has 0 saturated carbocycles. The van der Waals surface area contributed by atoms with Crippen LogP contribution in [0.3, 0.4) is 0 Å². The fourth-order valence-electron chi connectivity index (χ4n) is 2.31. The molecule has 2 aromatic carbocycles. The van der Waals surface area contributed by atoms with Gasteiger partial charge in [0.2, 0.25) is 12.3 Å². The molecule has 0 unspecified atom stereocenters. The number of Topliss-reactive ketones (excluding diaryl/α,β-unsaturated/α-hetero) is 1. The van der Waals surface area contributed by atoms with E-state index in [9.17, 15) is 4.79 Å². The summed E-state index contributed by atoms with van der Waals surface area (Å²) in [6.45, 7) is 0.331. The molecule has 0 aliphatic heterocycles. The monoisotopic (exact) mass is 278 g/mol. The third kappa shape index (κ3) is 2.92. The molecule has 3 heteroatoms. The maximum atomic E-state index is 12.3. The third-order valence-corrected chi connectivity index (χ3v) is 3.48. The van der Waals surface area contributed by atoms with Gasteiger partial charge in [0.15, 0.2) is 12.4 Å². The normalized spacial score (nSPS) is 10.5. The molecule has 3 aromatic rings. The summed E-state index contributed by atoms with van der Waals surface area (Å²) in [5.41, 5.74) is 0.691. The fourth-order valence-corrected chi connectivity index (χ4v) is 2.31. The number of carbonyl (C=O) groups excluding carboxylic acids is 1. The van der Waals surface area contributed by atoms with Crippen LogP contribution in [-0.4, -0.2) is 12.9 Å². The summed E-state index contributed by atoms with van der Waals surface area (Å²) in [4.78, 5) is 12.3. The highest BCUT2D eigenvalue weighted by atomic mass is 16.5. The Labute approximate surface area is 123 Å². The van der Waals surface area contributed by atoms with Crippen LogP contribution in [0.15, 0.2) is 67.0 Å². The van der Waals surface area contributed by atoms with Crippen LogP contribution in [0.5, 0.6) is 5.75 Å². The largest absolute Gasteiger partial charge is 0.497 e. The predicted octanol–water partition coefficient (Wildman–Crippen LogP) is 3.02. The summed E-state index contributed by atoms with van der Waals surface area (Å²) in [5.74, 6) is 0.836. The summed E-state index contributed by atoms with van der Waals surface area (Å²) in [7, 11) is 1.61. The molecule has 1 heterocycles. The van der Waals surface area contributed by atoms with Crippen molar-refractivity contribution in [3.05, 3.63) is 72.6 Å². The molecule has 0 saturated heterocycles. The minimum atomic E-state index is 0.0814. The van der Waals surface area contributed by atoms with Gasteiger partial charge in [-0.2, -0.15) is 4.57 Å². The number of methoxy groups -OCH3 is 1. The molecule has 0 amide bonds. The summed E-state index contributed by atoms with van der Waals surface area (Å²) >= 11 is 0. The lowest BCUT2D eigenvalue weighted by atomic mass is 10.1. The number of ketones is 1. The highest BCUT2D eigenvalue weighted by Crippen LogP contribution is 2.12. The lowest BCUT2D eigenvalue weighted by Gasteiger charge is -2.02. The van der Waals surface area contributed by atoms with Crippen molar-refractivity contribution in [3.63, 3.8) is 0 Å². The molecule has 104 valence electrons. The fraction of sp³-hybridized carbons (Fsp3) is 0.111. The van der Waals surface area contributed by atoms with E-state index in [1.807, 2.05) is 41.2 Å². The van der Waals surface area contributed by atoms with E-state index in [1.165, 1.54) is 5.39 Å². The number of ether oxygens (including phenoxy) is 1. The van der Waals surface area contributed by atoms with Crippen LogP contribution in [0, 0.1) is 0 Å². The Morgan fingerprint density at radius 3 is 2.43 bits per heavy atom. The summed E-state index contributed by atoms with van der Waals surface area (Å²) < 4.78 is 7.01. The van der Waals surface area contributed by atoms with E-state index in [4.69, 9.17) is 4.74 Å². The summed E-state index contributed by atoms with van der Waals surface area (Å²) in [6, 6.07) is 17.3. The van der Waals surface area contributed by atoms with Crippen LogP contribution in [0.1, 0.15) is 10.4 Å². The Hall–Kier alpha value is -2.68. The maximum absolute atomic E-state index is 12.3. The first-order chi connectivity index (χ1) is 10.3. The molecule has 0 N–H and O–H groups in total. The van der Waals surface area contributed by atoms with Crippen LogP contribution >= 0.6 is 0 Å². The number of aromatic nitrogens is 1. The second kappa shape index (κ2) is 5.75. The van der Waals surface area contributed by atoms with Crippen molar-refractivity contribution in [2.24, 2.45) is 0 Å². The predicted molar refractivity (Wildman–Crippen MR) is 81.5 cm³/mol. The van der Waals surface area contributed by atoms with E-state index in [0.29, 0.717) is 12.1 Å². The van der Waals surface area contributed by atoms with Gasteiger partial charge in [-0.15, -0.1) is 0 Å². The number of fused-ring (bicyclic) bond motifs is 1. The highest BCUT2D eigenvalue weighted by molar-refractivity contribution is 5.95. The van der Waals surface area contributed by atoms with Crippen LogP contribution in [0.25, 0.3) is 10.8 Å². The first-order valence-electron chi connectivity index (χ1n) is 6.81. The van der Waals surface area contributed by atoms with Gasteiger partial charge < -0.3 is 4.74 Å². The zero-order valence-corrected chi connectivity index (χ0v) is 11.8. The number of benzene rings is 2. The SMILES string of the molecule is COc1ccc(C(=O)C[n+]2ccc3ccccc3c2)cc1. The number of hydrogen-bond acceptors (Lipinski definition) is 2. The van der Waals surface area contributed by atoms with Gasteiger partial charge in [0.05, 0.1) is 7.11 Å². The van der Waals surface area contributed by atoms with Gasteiger partial charge in [-0.1, -0.05) is 18.2 Å². The standard InChI is InChI=1S/C18H16NO2/c1-21-17-8-6-15(7-9-17)18(20)13-19-11-10-14-4-2-3-5-16(14)12-19/h2-12H,13H2,1H3/q+1. The Kier molecular flexibility index (Phi) is 3.65. The van der Waals surface area contributed by atoms with E-state index in [1.54, 1.807) is 31.4 Å². The van der Waals surface area contributed by atoms with Crippen molar-refractivity contribution in [1.29, 1.82) is 0 Å². The smallest absolute Gasteiger partial charge is 0.227 e. The van der Waals surface area contributed by atoms with Gasteiger partial charge >= 0.3 is 0 Å². The van der Waals surface area contributed by atoms with Gasteiger partial charge in [-0.05, 0) is 35.7 Å². The van der Waals surface area contributed by atoms with Gasteiger partial charge in [0, 0.05) is 17.0 Å². The Bertz CT molecular complexity index is 779. The number of rotatable bonds is 4. The molecule has 1 aromatic heterocycles. The molecule has 21 heavy (non-hydrogen) atoms. The number of nitrogens with zero attached hydrogens (tertiary/aromatic N) is 1. The Morgan fingerprint density at radius 2 is 1.71 bits per heavy atom. The lowest BCUT2D eigenvalue weighted by Crippen LogP contribution is -2.37. The van der Waals surface area contributed by atoms with Crippen LogP contribution in [-0.2, 0) is 6.54 Å². The average molecular weight is 278 g/mol.